The minimum atomic E-state index is -4.02. The molecule has 1 atom stereocenters. The maximum absolute atomic E-state index is 11.5. The van der Waals surface area contributed by atoms with Crippen molar-refractivity contribution >= 4 is 12.4 Å². The first-order valence-corrected chi connectivity index (χ1v) is 3.24. The smallest absolute Gasteiger partial charge is 0.328 e. The minimum Gasteiger partial charge on any atom is -0.328 e. The lowest BCUT2D eigenvalue weighted by Crippen LogP contribution is -2.16. The predicted octanol–water partition coefficient (Wildman–Crippen LogP) is 2.49. The molecule has 0 bridgehead atoms. The highest BCUT2D eigenvalue weighted by Gasteiger charge is 2.25. The second-order valence-corrected chi connectivity index (χ2v) is 2.48. The highest BCUT2D eigenvalue weighted by atomic mass is 35.5. The Bertz CT molecular complexity index is 92.3. The molecule has 1 unspecified atom stereocenters. The number of nitrogens with two attached hydrogens (primary N) is 1. The summed E-state index contributed by atoms with van der Waals surface area (Å²) in [6, 6.07) is -0.123. The van der Waals surface area contributed by atoms with Gasteiger partial charge in [-0.1, -0.05) is 0 Å². The fourth-order valence-electron chi connectivity index (χ4n) is 0.624. The molecule has 0 saturated heterocycles. The van der Waals surface area contributed by atoms with E-state index in [0.717, 1.165) is 0 Å². The second kappa shape index (κ2) is 5.66. The number of alkyl halides is 3. The largest absolute Gasteiger partial charge is 0.389 e. The Balaban J connectivity index is 0. The van der Waals surface area contributed by atoms with E-state index in [9.17, 15) is 13.2 Å². The monoisotopic (exact) mass is 191 g/mol. The van der Waals surface area contributed by atoms with Crippen molar-refractivity contribution in [2.75, 3.05) is 0 Å². The summed E-state index contributed by atoms with van der Waals surface area (Å²) in [4.78, 5) is 0. The van der Waals surface area contributed by atoms with Crippen LogP contribution in [-0.4, -0.2) is 12.2 Å². The molecule has 0 aliphatic heterocycles. The van der Waals surface area contributed by atoms with Crippen LogP contribution in [0.15, 0.2) is 0 Å². The Hall–Kier alpha value is 0.0400. The van der Waals surface area contributed by atoms with Gasteiger partial charge in [0, 0.05) is 12.5 Å². The predicted molar refractivity (Wildman–Crippen MR) is 40.8 cm³/mol. The van der Waals surface area contributed by atoms with Gasteiger partial charge in [0.2, 0.25) is 0 Å². The molecule has 2 N–H and O–H groups in total. The van der Waals surface area contributed by atoms with Gasteiger partial charge in [-0.25, -0.2) is 0 Å². The summed E-state index contributed by atoms with van der Waals surface area (Å²) in [5.74, 6) is 0. The molecule has 0 aromatic heterocycles. The van der Waals surface area contributed by atoms with Gasteiger partial charge in [0.15, 0.2) is 0 Å². The molecule has 0 aliphatic carbocycles. The van der Waals surface area contributed by atoms with E-state index in [1.165, 1.54) is 0 Å². The Labute approximate surface area is 70.6 Å². The fourth-order valence-corrected chi connectivity index (χ4v) is 0.624. The first-order chi connectivity index (χ1) is 4.42. The van der Waals surface area contributed by atoms with Gasteiger partial charge in [-0.05, 0) is 19.8 Å². The van der Waals surface area contributed by atoms with E-state index >= 15 is 0 Å². The number of hydrogen-bond acceptors (Lipinski definition) is 1. The van der Waals surface area contributed by atoms with E-state index in [1.807, 2.05) is 0 Å². The van der Waals surface area contributed by atoms with Gasteiger partial charge in [-0.2, -0.15) is 13.2 Å². The van der Waals surface area contributed by atoms with Gasteiger partial charge in [0.05, 0.1) is 0 Å². The van der Waals surface area contributed by atoms with Gasteiger partial charge in [-0.15, -0.1) is 12.4 Å². The van der Waals surface area contributed by atoms with Crippen LogP contribution in [0.5, 0.6) is 0 Å². The standard InChI is InChI=1S/C6H12F3N.ClH/c1-5(10)3-2-4-6(7,8)9;/h5H,2-4,10H2,1H3;1H. The molecule has 0 fully saturated rings. The molecule has 11 heavy (non-hydrogen) atoms. The average Bonchev–Trinajstić information content (AvgIpc) is 1.59. The van der Waals surface area contributed by atoms with Crippen LogP contribution in [0.2, 0.25) is 0 Å². The van der Waals surface area contributed by atoms with E-state index in [0.29, 0.717) is 6.42 Å². The first kappa shape index (κ1) is 13.6. The summed E-state index contributed by atoms with van der Waals surface area (Å²) < 4.78 is 34.4. The van der Waals surface area contributed by atoms with E-state index in [2.05, 4.69) is 0 Å². The molecule has 70 valence electrons. The summed E-state index contributed by atoms with van der Waals surface area (Å²) in [5.41, 5.74) is 5.25. The van der Waals surface area contributed by atoms with Gasteiger partial charge in [0.1, 0.15) is 0 Å². The second-order valence-electron chi connectivity index (χ2n) is 2.48. The highest BCUT2D eigenvalue weighted by Crippen LogP contribution is 2.22. The number of rotatable bonds is 3. The van der Waals surface area contributed by atoms with Crippen LogP contribution in [0.1, 0.15) is 26.2 Å². The van der Waals surface area contributed by atoms with Crippen LogP contribution < -0.4 is 5.73 Å². The normalized spacial score (nSPS) is 13.9. The van der Waals surface area contributed by atoms with Crippen molar-refractivity contribution in [3.8, 4) is 0 Å². The maximum atomic E-state index is 11.5. The van der Waals surface area contributed by atoms with Crippen molar-refractivity contribution in [1.29, 1.82) is 0 Å². The SMILES string of the molecule is CC(N)CCCC(F)(F)F.Cl. The third-order valence-electron chi connectivity index (χ3n) is 1.12. The third-order valence-corrected chi connectivity index (χ3v) is 1.12. The maximum Gasteiger partial charge on any atom is 0.389 e. The lowest BCUT2D eigenvalue weighted by molar-refractivity contribution is -0.135. The van der Waals surface area contributed by atoms with Crippen molar-refractivity contribution in [3.05, 3.63) is 0 Å². The lowest BCUT2D eigenvalue weighted by Gasteiger charge is -2.06. The van der Waals surface area contributed by atoms with E-state index in [-0.39, 0.29) is 24.9 Å². The number of halogens is 4. The minimum absolute atomic E-state index is 0. The Morgan fingerprint density at radius 3 is 2.09 bits per heavy atom. The average molecular weight is 192 g/mol. The molecule has 1 nitrogen and oxygen atoms in total. The zero-order valence-corrected chi connectivity index (χ0v) is 7.13. The molecule has 5 heteroatoms. The molecule has 0 aromatic rings. The van der Waals surface area contributed by atoms with Crippen LogP contribution in [-0.2, 0) is 0 Å². The van der Waals surface area contributed by atoms with Crippen LogP contribution in [0.4, 0.5) is 13.2 Å². The van der Waals surface area contributed by atoms with Crippen LogP contribution >= 0.6 is 12.4 Å². The summed E-state index contributed by atoms with van der Waals surface area (Å²) in [6.07, 6.45) is -4.15. The van der Waals surface area contributed by atoms with Crippen LogP contribution in [0, 0.1) is 0 Å². The molecular weight excluding hydrogens is 179 g/mol. The van der Waals surface area contributed by atoms with E-state index < -0.39 is 12.6 Å². The molecule has 0 aliphatic rings. The van der Waals surface area contributed by atoms with Crippen molar-refractivity contribution in [2.45, 2.75) is 38.4 Å². The Morgan fingerprint density at radius 1 is 1.36 bits per heavy atom. The molecule has 0 aromatic carbocycles. The molecule has 0 heterocycles. The van der Waals surface area contributed by atoms with Gasteiger partial charge < -0.3 is 5.73 Å². The third kappa shape index (κ3) is 13.1. The lowest BCUT2D eigenvalue weighted by atomic mass is 10.1. The summed E-state index contributed by atoms with van der Waals surface area (Å²) in [6.45, 7) is 1.70. The fraction of sp³-hybridized carbons (Fsp3) is 1.00. The summed E-state index contributed by atoms with van der Waals surface area (Å²) in [5, 5.41) is 0. The van der Waals surface area contributed by atoms with Gasteiger partial charge >= 0.3 is 6.18 Å². The number of hydrogen-bond donors (Lipinski definition) is 1. The summed E-state index contributed by atoms with van der Waals surface area (Å²) >= 11 is 0. The van der Waals surface area contributed by atoms with Crippen molar-refractivity contribution in [3.63, 3.8) is 0 Å². The Morgan fingerprint density at radius 2 is 1.82 bits per heavy atom. The summed E-state index contributed by atoms with van der Waals surface area (Å²) in [7, 11) is 0. The van der Waals surface area contributed by atoms with Crippen molar-refractivity contribution < 1.29 is 13.2 Å². The van der Waals surface area contributed by atoms with Gasteiger partial charge in [0.25, 0.3) is 0 Å². The molecule has 0 saturated carbocycles. The molecule has 0 spiro atoms. The molecular formula is C6H13ClF3N. The van der Waals surface area contributed by atoms with E-state index in [1.54, 1.807) is 6.92 Å². The van der Waals surface area contributed by atoms with Gasteiger partial charge in [-0.3, -0.25) is 0 Å². The molecule has 0 amide bonds. The molecule has 0 radical (unpaired) electrons. The quantitative estimate of drug-likeness (QED) is 0.729. The van der Waals surface area contributed by atoms with Crippen LogP contribution in [0.3, 0.4) is 0 Å². The topological polar surface area (TPSA) is 26.0 Å². The first-order valence-electron chi connectivity index (χ1n) is 3.24. The zero-order chi connectivity index (χ0) is 8.20. The zero-order valence-electron chi connectivity index (χ0n) is 6.32. The highest BCUT2D eigenvalue weighted by molar-refractivity contribution is 5.85. The Kier molecular flexibility index (Phi) is 7.01. The van der Waals surface area contributed by atoms with Crippen molar-refractivity contribution in [2.24, 2.45) is 5.73 Å². The van der Waals surface area contributed by atoms with Crippen molar-refractivity contribution in [1.82, 2.24) is 0 Å². The van der Waals surface area contributed by atoms with Crippen LogP contribution in [0.25, 0.3) is 0 Å². The molecule has 0 rings (SSSR count). The van der Waals surface area contributed by atoms with E-state index in [4.69, 9.17) is 5.73 Å².